The molecule has 0 radical (unpaired) electrons. The molecule has 1 aliphatic rings. The van der Waals surface area contributed by atoms with Crippen molar-refractivity contribution in [1.82, 2.24) is 9.88 Å². The van der Waals surface area contributed by atoms with Crippen molar-refractivity contribution in [1.29, 1.82) is 0 Å². The molecule has 0 spiro atoms. The molecule has 2 aromatic rings. The van der Waals surface area contributed by atoms with Crippen LogP contribution < -0.4 is 11.5 Å². The van der Waals surface area contributed by atoms with E-state index in [4.69, 9.17) is 10.2 Å². The maximum Gasteiger partial charge on any atom is 0.417 e. The molecule has 2 heterocycles. The van der Waals surface area contributed by atoms with Gasteiger partial charge in [-0.2, -0.15) is 0 Å². The van der Waals surface area contributed by atoms with Crippen LogP contribution in [-0.4, -0.2) is 34.3 Å². The summed E-state index contributed by atoms with van der Waals surface area (Å²) in [5, 5.41) is 0. The summed E-state index contributed by atoms with van der Waals surface area (Å²) >= 11 is 0. The van der Waals surface area contributed by atoms with Gasteiger partial charge in [-0.15, -0.1) is 0 Å². The van der Waals surface area contributed by atoms with E-state index in [1.165, 1.54) is 0 Å². The molecule has 1 aromatic heterocycles. The third kappa shape index (κ3) is 3.28. The van der Waals surface area contributed by atoms with Gasteiger partial charge in [0.25, 0.3) is 0 Å². The Morgan fingerprint density at radius 1 is 1.35 bits per heavy atom. The monoisotopic (exact) mass is 317 g/mol. The summed E-state index contributed by atoms with van der Waals surface area (Å²) in [6.07, 6.45) is 3.27. The van der Waals surface area contributed by atoms with Gasteiger partial charge in [-0.05, 0) is 43.4 Å². The van der Waals surface area contributed by atoms with Crippen molar-refractivity contribution in [2.75, 3.05) is 6.54 Å². The number of aromatic nitrogens is 1. The number of H-pyrrole nitrogens is 1. The second kappa shape index (κ2) is 6.28. The number of oxazole rings is 1. The largest absolute Gasteiger partial charge is 0.417 e. The molecule has 1 unspecified atom stereocenters. The van der Waals surface area contributed by atoms with E-state index in [0.29, 0.717) is 36.9 Å². The summed E-state index contributed by atoms with van der Waals surface area (Å²) < 4.78 is 5.01. The van der Waals surface area contributed by atoms with Crippen molar-refractivity contribution < 1.29 is 14.0 Å². The fourth-order valence-electron chi connectivity index (χ4n) is 3.07. The molecule has 1 saturated heterocycles. The second-order valence-corrected chi connectivity index (χ2v) is 5.85. The Labute approximate surface area is 132 Å². The first-order valence-corrected chi connectivity index (χ1v) is 7.75. The Morgan fingerprint density at radius 2 is 2.17 bits per heavy atom. The van der Waals surface area contributed by atoms with Crippen LogP contribution in [0.2, 0.25) is 0 Å². The minimum atomic E-state index is -0.495. The number of nitrogens with two attached hydrogens (primary N) is 1. The van der Waals surface area contributed by atoms with Crippen molar-refractivity contribution >= 4 is 22.9 Å². The lowest BCUT2D eigenvalue weighted by atomic mass is 10.0. The molecular formula is C16H19N3O4. The van der Waals surface area contributed by atoms with E-state index >= 15 is 0 Å². The van der Waals surface area contributed by atoms with E-state index < -0.39 is 17.7 Å². The number of fused-ring (bicyclic) bond motifs is 1. The average Bonchev–Trinajstić information content (AvgIpc) is 2.91. The third-order valence-electron chi connectivity index (χ3n) is 4.26. The van der Waals surface area contributed by atoms with Crippen LogP contribution in [0.3, 0.4) is 0 Å². The van der Waals surface area contributed by atoms with Crippen molar-refractivity contribution in [3.05, 3.63) is 34.3 Å². The van der Waals surface area contributed by atoms with Crippen LogP contribution in [0.5, 0.6) is 0 Å². The third-order valence-corrected chi connectivity index (χ3v) is 4.26. The molecule has 7 nitrogen and oxygen atoms in total. The fourth-order valence-corrected chi connectivity index (χ4v) is 3.07. The molecule has 7 heteroatoms. The summed E-state index contributed by atoms with van der Waals surface area (Å²) in [6.45, 7) is 0.582. The number of rotatable bonds is 4. The van der Waals surface area contributed by atoms with Gasteiger partial charge in [0, 0.05) is 13.0 Å². The Kier molecular flexibility index (Phi) is 4.18. The number of hydrogen-bond acceptors (Lipinski definition) is 4. The molecule has 1 atom stereocenters. The van der Waals surface area contributed by atoms with Gasteiger partial charge in [0.05, 0.1) is 5.52 Å². The van der Waals surface area contributed by atoms with E-state index in [2.05, 4.69) is 4.98 Å². The van der Waals surface area contributed by atoms with Gasteiger partial charge in [-0.3, -0.25) is 14.6 Å². The zero-order valence-corrected chi connectivity index (χ0v) is 12.7. The number of aromatic amines is 1. The zero-order valence-electron chi connectivity index (χ0n) is 12.7. The highest BCUT2D eigenvalue weighted by molar-refractivity contribution is 5.87. The molecule has 3 rings (SSSR count). The van der Waals surface area contributed by atoms with E-state index in [9.17, 15) is 14.4 Å². The number of carbonyl (C=O) groups excluding carboxylic acids is 2. The Hall–Kier alpha value is -2.57. The minimum Gasteiger partial charge on any atom is -0.408 e. The number of nitrogens with zero attached hydrogens (tertiary/aromatic N) is 1. The highest BCUT2D eigenvalue weighted by Crippen LogP contribution is 2.19. The molecule has 0 saturated carbocycles. The number of carbonyl (C=O) groups is 2. The zero-order chi connectivity index (χ0) is 16.4. The van der Waals surface area contributed by atoms with Gasteiger partial charge >= 0.3 is 5.76 Å². The van der Waals surface area contributed by atoms with E-state index in [1.54, 1.807) is 17.0 Å². The molecule has 23 heavy (non-hydrogen) atoms. The van der Waals surface area contributed by atoms with Gasteiger partial charge in [0.15, 0.2) is 5.58 Å². The Bertz CT molecular complexity index is 792. The number of benzene rings is 1. The topological polar surface area (TPSA) is 109 Å². The molecule has 1 fully saturated rings. The number of primary amides is 1. The van der Waals surface area contributed by atoms with Crippen LogP contribution in [0.4, 0.5) is 0 Å². The molecular weight excluding hydrogens is 298 g/mol. The lowest BCUT2D eigenvalue weighted by Crippen LogP contribution is -2.50. The van der Waals surface area contributed by atoms with E-state index in [1.807, 2.05) is 6.07 Å². The van der Waals surface area contributed by atoms with Crippen molar-refractivity contribution in [2.24, 2.45) is 5.73 Å². The van der Waals surface area contributed by atoms with Gasteiger partial charge < -0.3 is 15.1 Å². The maximum absolute atomic E-state index is 12.4. The normalized spacial score (nSPS) is 18.3. The molecule has 1 aromatic carbocycles. The molecule has 3 N–H and O–H groups in total. The Morgan fingerprint density at radius 3 is 2.96 bits per heavy atom. The summed E-state index contributed by atoms with van der Waals surface area (Å²) in [5.74, 6) is -0.997. The summed E-state index contributed by atoms with van der Waals surface area (Å²) in [5.41, 5.74) is 7.41. The van der Waals surface area contributed by atoms with Gasteiger partial charge in [-0.1, -0.05) is 6.07 Å². The summed E-state index contributed by atoms with van der Waals surface area (Å²) in [4.78, 5) is 39.2. The molecule has 0 aliphatic carbocycles. The van der Waals surface area contributed by atoms with Crippen LogP contribution in [0.25, 0.3) is 11.1 Å². The van der Waals surface area contributed by atoms with E-state index in [-0.39, 0.29) is 5.91 Å². The first-order valence-electron chi connectivity index (χ1n) is 7.75. The highest BCUT2D eigenvalue weighted by atomic mass is 16.4. The van der Waals surface area contributed by atoms with Crippen LogP contribution in [0, 0.1) is 0 Å². The van der Waals surface area contributed by atoms with Crippen LogP contribution >= 0.6 is 0 Å². The van der Waals surface area contributed by atoms with Crippen LogP contribution in [-0.2, 0) is 16.0 Å². The van der Waals surface area contributed by atoms with Crippen molar-refractivity contribution in [2.45, 2.75) is 38.1 Å². The number of aryl methyl sites for hydroxylation is 1. The SMILES string of the molecule is NC(=O)C1CCCCN1C(=O)CCc1ccc2[nH]c(=O)oc2c1. The van der Waals surface area contributed by atoms with Gasteiger partial charge in [0.1, 0.15) is 6.04 Å². The number of hydrogen-bond donors (Lipinski definition) is 2. The van der Waals surface area contributed by atoms with Crippen LogP contribution in [0.1, 0.15) is 31.2 Å². The fraction of sp³-hybridized carbons (Fsp3) is 0.438. The van der Waals surface area contributed by atoms with Crippen molar-refractivity contribution in [3.63, 3.8) is 0 Å². The van der Waals surface area contributed by atoms with Gasteiger partial charge in [0.2, 0.25) is 11.8 Å². The predicted octanol–water partition coefficient (Wildman–Crippen LogP) is 0.920. The smallest absolute Gasteiger partial charge is 0.408 e. The number of nitrogens with one attached hydrogen (secondary N) is 1. The number of piperidine rings is 1. The van der Waals surface area contributed by atoms with E-state index in [0.717, 1.165) is 18.4 Å². The van der Waals surface area contributed by atoms with Crippen LogP contribution in [0.15, 0.2) is 27.4 Å². The lowest BCUT2D eigenvalue weighted by molar-refractivity contribution is -0.141. The van der Waals surface area contributed by atoms with Gasteiger partial charge in [-0.25, -0.2) is 4.79 Å². The highest BCUT2D eigenvalue weighted by Gasteiger charge is 2.30. The quantitative estimate of drug-likeness (QED) is 0.873. The number of amides is 2. The lowest BCUT2D eigenvalue weighted by Gasteiger charge is -2.33. The minimum absolute atomic E-state index is 0.0656. The summed E-state index contributed by atoms with van der Waals surface area (Å²) in [7, 11) is 0. The second-order valence-electron chi connectivity index (χ2n) is 5.85. The number of likely N-dealkylation sites (tertiary alicyclic amines) is 1. The molecule has 2 amide bonds. The van der Waals surface area contributed by atoms with Crippen molar-refractivity contribution in [3.8, 4) is 0 Å². The maximum atomic E-state index is 12.4. The Balaban J connectivity index is 1.67. The first-order chi connectivity index (χ1) is 11.0. The predicted molar refractivity (Wildman–Crippen MR) is 83.7 cm³/mol. The standard InChI is InChI=1S/C16H19N3O4/c17-15(21)12-3-1-2-8-19(12)14(20)7-5-10-4-6-11-13(9-10)23-16(22)18-11/h4,6,9,12H,1-3,5,7-8H2,(H2,17,21)(H,18,22). The molecule has 1 aliphatic heterocycles. The molecule has 122 valence electrons. The summed E-state index contributed by atoms with van der Waals surface area (Å²) in [6, 6.07) is 4.87. The average molecular weight is 317 g/mol. The molecule has 0 bridgehead atoms. The first kappa shape index (κ1) is 15.3.